The molecule has 116 valence electrons. The maximum Gasteiger partial charge on any atom is 0.325 e. The van der Waals surface area contributed by atoms with Gasteiger partial charge in [0.05, 0.1) is 12.1 Å². The quantitative estimate of drug-likeness (QED) is 0.892. The van der Waals surface area contributed by atoms with Crippen LogP contribution < -0.4 is 16.1 Å². The first kappa shape index (κ1) is 14.6. The third-order valence-electron chi connectivity index (χ3n) is 4.35. The fourth-order valence-electron chi connectivity index (χ4n) is 2.99. The Hall–Kier alpha value is -2.30. The van der Waals surface area contributed by atoms with Gasteiger partial charge in [-0.2, -0.15) is 0 Å². The van der Waals surface area contributed by atoms with E-state index in [2.05, 4.69) is 53.8 Å². The molecule has 1 aliphatic heterocycles. The van der Waals surface area contributed by atoms with E-state index in [0.29, 0.717) is 24.4 Å². The second-order valence-electron chi connectivity index (χ2n) is 6.24. The van der Waals surface area contributed by atoms with Crippen LogP contribution >= 0.6 is 0 Å². The Labute approximate surface area is 129 Å². The van der Waals surface area contributed by atoms with Crippen molar-refractivity contribution >= 4 is 5.69 Å². The molecule has 5 nitrogen and oxygen atoms in total. The summed E-state index contributed by atoms with van der Waals surface area (Å²) in [5.74, 6) is 0.469. The van der Waals surface area contributed by atoms with Gasteiger partial charge in [-0.3, -0.25) is 9.78 Å². The topological polar surface area (TPSA) is 69.0 Å². The fraction of sp³-hybridized carbons (Fsp3) is 0.412. The average molecular weight is 299 g/mol. The minimum atomic E-state index is -0.421. The molecule has 0 spiro atoms. The lowest BCUT2D eigenvalue weighted by atomic mass is 9.98. The molecule has 1 aromatic heterocycles. The lowest BCUT2D eigenvalue weighted by Gasteiger charge is -2.31. The maximum atomic E-state index is 12.0. The molecule has 0 atom stereocenters. The van der Waals surface area contributed by atoms with Crippen LogP contribution in [0.15, 0.2) is 27.8 Å². The third kappa shape index (κ3) is 2.58. The number of aromatic nitrogens is 2. The number of aromatic amines is 2. The molecule has 3 rings (SSSR count). The van der Waals surface area contributed by atoms with Crippen molar-refractivity contribution in [3.63, 3.8) is 0 Å². The number of nitrogens with zero attached hydrogens (tertiary/aromatic N) is 1. The molecule has 22 heavy (non-hydrogen) atoms. The predicted molar refractivity (Wildman–Crippen MR) is 87.7 cm³/mol. The average Bonchev–Trinajstić information content (AvgIpc) is 2.47. The Morgan fingerprint density at radius 1 is 1.18 bits per heavy atom. The molecule has 0 fully saturated rings. The first-order valence-corrected chi connectivity index (χ1v) is 7.65. The highest BCUT2D eigenvalue weighted by Crippen LogP contribution is 2.28. The molecule has 0 aliphatic carbocycles. The Bertz CT molecular complexity index is 817. The van der Waals surface area contributed by atoms with Crippen LogP contribution in [0.1, 0.15) is 42.1 Å². The Kier molecular flexibility index (Phi) is 3.64. The zero-order valence-electron chi connectivity index (χ0n) is 13.2. The number of aryl methyl sites for hydroxylation is 1. The zero-order valence-corrected chi connectivity index (χ0v) is 13.2. The summed E-state index contributed by atoms with van der Waals surface area (Å²) in [7, 11) is 0. The van der Waals surface area contributed by atoms with E-state index in [-0.39, 0.29) is 5.56 Å². The van der Waals surface area contributed by atoms with Crippen molar-refractivity contribution in [1.82, 2.24) is 9.97 Å². The van der Waals surface area contributed by atoms with E-state index in [0.717, 1.165) is 12.2 Å². The number of nitrogens with one attached hydrogen (secondary N) is 2. The highest BCUT2D eigenvalue weighted by Gasteiger charge is 2.21. The molecular formula is C17H21N3O2. The molecule has 1 aromatic carbocycles. The van der Waals surface area contributed by atoms with Crippen LogP contribution in [0.2, 0.25) is 0 Å². The van der Waals surface area contributed by atoms with Crippen molar-refractivity contribution in [3.05, 3.63) is 61.4 Å². The summed E-state index contributed by atoms with van der Waals surface area (Å²) in [6.45, 7) is 7.77. The Morgan fingerprint density at radius 2 is 1.95 bits per heavy atom. The number of H-pyrrole nitrogens is 2. The molecule has 0 unspecified atom stereocenters. The summed E-state index contributed by atoms with van der Waals surface area (Å²) >= 11 is 0. The van der Waals surface area contributed by atoms with E-state index in [1.807, 2.05) is 0 Å². The molecule has 2 heterocycles. The van der Waals surface area contributed by atoms with Crippen LogP contribution in [0.4, 0.5) is 5.69 Å². The Morgan fingerprint density at radius 3 is 2.68 bits per heavy atom. The number of hydrogen-bond acceptors (Lipinski definition) is 3. The van der Waals surface area contributed by atoms with Crippen molar-refractivity contribution in [2.75, 3.05) is 11.4 Å². The summed E-state index contributed by atoms with van der Waals surface area (Å²) in [6, 6.07) is 6.51. The molecule has 2 aromatic rings. The molecule has 1 aliphatic rings. The molecule has 2 N–H and O–H groups in total. The van der Waals surface area contributed by atoms with Crippen molar-refractivity contribution < 1.29 is 0 Å². The van der Waals surface area contributed by atoms with Gasteiger partial charge in [-0.25, -0.2) is 4.79 Å². The molecular weight excluding hydrogens is 278 g/mol. The van der Waals surface area contributed by atoms with Crippen LogP contribution in [0.25, 0.3) is 0 Å². The van der Waals surface area contributed by atoms with Crippen molar-refractivity contribution in [2.45, 2.75) is 39.7 Å². The van der Waals surface area contributed by atoms with Gasteiger partial charge in [0.25, 0.3) is 5.56 Å². The van der Waals surface area contributed by atoms with Crippen LogP contribution in [0.5, 0.6) is 0 Å². The van der Waals surface area contributed by atoms with Crippen LogP contribution in [0, 0.1) is 6.92 Å². The molecule has 0 radical (unpaired) electrons. The van der Waals surface area contributed by atoms with Crippen LogP contribution in [-0.4, -0.2) is 16.5 Å². The van der Waals surface area contributed by atoms with Gasteiger partial charge in [0.15, 0.2) is 0 Å². The van der Waals surface area contributed by atoms with E-state index in [1.54, 1.807) is 0 Å². The van der Waals surface area contributed by atoms with Crippen molar-refractivity contribution in [2.24, 2.45) is 0 Å². The summed E-state index contributed by atoms with van der Waals surface area (Å²) < 4.78 is 0. The molecule has 0 bridgehead atoms. The largest absolute Gasteiger partial charge is 0.366 e. The first-order chi connectivity index (χ1) is 10.5. The molecule has 5 heteroatoms. The number of rotatable bonds is 2. The van der Waals surface area contributed by atoms with Gasteiger partial charge in [-0.05, 0) is 30.0 Å². The number of anilines is 1. The summed E-state index contributed by atoms with van der Waals surface area (Å²) in [4.78, 5) is 30.7. The SMILES string of the molecule is Cc1ccc(C(C)C)cc1N1CCc2[nH]c(=O)[nH]c(=O)c2C1. The van der Waals surface area contributed by atoms with Crippen LogP contribution in [0.3, 0.4) is 0 Å². The number of fused-ring (bicyclic) bond motifs is 1. The normalized spacial score (nSPS) is 14.3. The monoisotopic (exact) mass is 299 g/mol. The van der Waals surface area contributed by atoms with Crippen molar-refractivity contribution in [3.8, 4) is 0 Å². The third-order valence-corrected chi connectivity index (χ3v) is 4.35. The van der Waals surface area contributed by atoms with Gasteiger partial charge >= 0.3 is 5.69 Å². The van der Waals surface area contributed by atoms with E-state index in [1.165, 1.54) is 16.8 Å². The highest BCUT2D eigenvalue weighted by atomic mass is 16.2. The summed E-state index contributed by atoms with van der Waals surface area (Å²) in [5.41, 5.74) is 4.40. The lowest BCUT2D eigenvalue weighted by Crippen LogP contribution is -2.39. The van der Waals surface area contributed by atoms with Gasteiger partial charge in [0, 0.05) is 24.3 Å². The van der Waals surface area contributed by atoms with E-state index < -0.39 is 5.69 Å². The van der Waals surface area contributed by atoms with E-state index in [9.17, 15) is 9.59 Å². The van der Waals surface area contributed by atoms with Gasteiger partial charge in [-0.1, -0.05) is 26.0 Å². The van der Waals surface area contributed by atoms with Gasteiger partial charge in [-0.15, -0.1) is 0 Å². The standard InChI is InChI=1S/C17H21N3O2/c1-10(2)12-5-4-11(3)15(8-12)20-7-6-14-13(9-20)16(21)19-17(22)18-14/h4-5,8,10H,6-7,9H2,1-3H3,(H2,18,19,21,22). The minimum absolute atomic E-state index is 0.277. The van der Waals surface area contributed by atoms with Gasteiger partial charge in [0.2, 0.25) is 0 Å². The zero-order chi connectivity index (χ0) is 15.9. The van der Waals surface area contributed by atoms with Gasteiger partial charge < -0.3 is 9.88 Å². The molecule has 0 saturated heterocycles. The minimum Gasteiger partial charge on any atom is -0.366 e. The van der Waals surface area contributed by atoms with Crippen LogP contribution in [-0.2, 0) is 13.0 Å². The summed E-state index contributed by atoms with van der Waals surface area (Å²) in [5, 5.41) is 0. The van der Waals surface area contributed by atoms with Crippen molar-refractivity contribution in [1.29, 1.82) is 0 Å². The second-order valence-corrected chi connectivity index (χ2v) is 6.24. The summed E-state index contributed by atoms with van der Waals surface area (Å²) in [6.07, 6.45) is 0.680. The van der Waals surface area contributed by atoms with E-state index >= 15 is 0 Å². The fourth-order valence-corrected chi connectivity index (χ4v) is 2.99. The lowest BCUT2D eigenvalue weighted by molar-refractivity contribution is 0.688. The van der Waals surface area contributed by atoms with E-state index in [4.69, 9.17) is 0 Å². The highest BCUT2D eigenvalue weighted by molar-refractivity contribution is 5.56. The predicted octanol–water partition coefficient (Wildman–Crippen LogP) is 2.06. The second kappa shape index (κ2) is 5.48. The number of hydrogen-bond donors (Lipinski definition) is 2. The Balaban J connectivity index is 2.00. The first-order valence-electron chi connectivity index (χ1n) is 7.65. The molecule has 0 saturated carbocycles. The smallest absolute Gasteiger partial charge is 0.325 e. The molecule has 0 amide bonds. The maximum absolute atomic E-state index is 12.0. The number of benzene rings is 1. The van der Waals surface area contributed by atoms with Gasteiger partial charge in [0.1, 0.15) is 0 Å².